The van der Waals surface area contributed by atoms with Gasteiger partial charge in [0.15, 0.2) is 0 Å². The van der Waals surface area contributed by atoms with Gasteiger partial charge < -0.3 is 29.5 Å². The van der Waals surface area contributed by atoms with Crippen molar-refractivity contribution in [1.29, 1.82) is 0 Å². The second kappa shape index (κ2) is 7.06. The van der Waals surface area contributed by atoms with Crippen LogP contribution in [-0.4, -0.2) is 80.8 Å². The first kappa shape index (κ1) is 21.2. The molecule has 0 radical (unpaired) electrons. The fraction of sp³-hybridized carbons (Fsp3) is 0.900. The number of aliphatic hydroxyl groups is 2. The third kappa shape index (κ3) is 4.22. The molecule has 0 aromatic heterocycles. The lowest BCUT2D eigenvalue weighted by molar-refractivity contribution is -0.00259. The van der Waals surface area contributed by atoms with Crippen LogP contribution in [0.3, 0.4) is 0 Å². The highest BCUT2D eigenvalue weighted by Crippen LogP contribution is 2.42. The van der Waals surface area contributed by atoms with Crippen LogP contribution in [-0.2, 0) is 9.47 Å². The maximum absolute atomic E-state index is 11.6. The number of rotatable bonds is 0. The zero-order valence-electron chi connectivity index (χ0n) is 17.7. The summed E-state index contributed by atoms with van der Waals surface area (Å²) in [6.07, 6.45) is 0.647. The molecule has 6 rings (SSSR count). The Morgan fingerprint density at radius 2 is 1.07 bits per heavy atom. The molecule has 8 heteroatoms. The number of amides is 2. The monoisotopic (exact) mass is 398 g/mol. The molecule has 2 amide bonds. The Kier molecular flexibility index (Phi) is 5.34. The lowest BCUT2D eigenvalue weighted by Crippen LogP contribution is -2.46. The van der Waals surface area contributed by atoms with Crippen LogP contribution in [0.15, 0.2) is 0 Å². The molecule has 0 spiro atoms. The molecule has 6 fully saturated rings. The highest BCUT2D eigenvalue weighted by atomic mass is 16.6. The Balaban J connectivity index is 0.000000161. The van der Waals surface area contributed by atoms with Crippen molar-refractivity contribution in [2.45, 2.75) is 89.9 Å². The average molecular weight is 399 g/mol. The smallest absolute Gasteiger partial charge is 0.410 e. The zero-order chi connectivity index (χ0) is 21.0. The minimum Gasteiger partial charge on any atom is -0.444 e. The van der Waals surface area contributed by atoms with E-state index in [4.69, 9.17) is 9.47 Å². The molecule has 4 saturated heterocycles. The summed E-state index contributed by atoms with van der Waals surface area (Å²) in [6, 6.07) is 0.0182. The Morgan fingerprint density at radius 1 is 0.750 bits per heavy atom. The molecule has 160 valence electrons. The van der Waals surface area contributed by atoms with Gasteiger partial charge in [-0.05, 0) is 54.4 Å². The van der Waals surface area contributed by atoms with Gasteiger partial charge in [-0.1, -0.05) is 0 Å². The van der Waals surface area contributed by atoms with Gasteiger partial charge in [-0.2, -0.15) is 0 Å². The van der Waals surface area contributed by atoms with Gasteiger partial charge in [-0.15, -0.1) is 0 Å². The van der Waals surface area contributed by atoms with Crippen LogP contribution < -0.4 is 0 Å². The van der Waals surface area contributed by atoms with Gasteiger partial charge in [0.1, 0.15) is 11.2 Å². The predicted octanol–water partition coefficient (Wildman–Crippen LogP) is 1.97. The number of aliphatic hydroxyl groups excluding tert-OH is 2. The van der Waals surface area contributed by atoms with Crippen molar-refractivity contribution < 1.29 is 29.3 Å². The summed E-state index contributed by atoms with van der Waals surface area (Å²) in [5, 5.41) is 19.0. The van der Waals surface area contributed by atoms with Crippen LogP contribution in [0.5, 0.6) is 0 Å². The lowest BCUT2D eigenvalue weighted by Gasteiger charge is -2.32. The van der Waals surface area contributed by atoms with Crippen LogP contribution in [0.2, 0.25) is 0 Å². The standard InChI is InChI=1S/2C10H17NO3/c2*1-10(2,3)14-9(13)11-5-6-4-7(11)8(6)12/h2*6-8,12H,4-5H2,1-3H3/t2*6-,7-,8-/m10/s1. The summed E-state index contributed by atoms with van der Waals surface area (Å²) >= 11 is 0. The first-order valence-electron chi connectivity index (χ1n) is 10.1. The summed E-state index contributed by atoms with van der Waals surface area (Å²) < 4.78 is 10.5. The third-order valence-corrected chi connectivity index (χ3v) is 5.76. The number of fused-ring (bicyclic) bond motifs is 2. The van der Waals surface area contributed by atoms with Crippen molar-refractivity contribution in [1.82, 2.24) is 9.80 Å². The van der Waals surface area contributed by atoms with Crippen molar-refractivity contribution in [3.63, 3.8) is 0 Å². The van der Waals surface area contributed by atoms with E-state index < -0.39 is 11.2 Å². The molecular weight excluding hydrogens is 364 g/mol. The molecule has 28 heavy (non-hydrogen) atoms. The molecule has 4 heterocycles. The molecule has 2 saturated carbocycles. The summed E-state index contributed by atoms with van der Waals surface area (Å²) in [4.78, 5) is 26.6. The molecule has 4 aliphatic heterocycles. The molecule has 6 aliphatic rings. The van der Waals surface area contributed by atoms with Crippen LogP contribution >= 0.6 is 0 Å². The second-order valence-corrected chi connectivity index (χ2v) is 10.4. The Morgan fingerprint density at radius 3 is 1.25 bits per heavy atom. The number of hydrogen-bond donors (Lipinski definition) is 2. The normalized spacial score (nSPS) is 35.4. The maximum Gasteiger partial charge on any atom is 0.410 e. The number of nitrogens with zero attached hydrogens (tertiary/aromatic N) is 2. The van der Waals surface area contributed by atoms with Crippen molar-refractivity contribution in [3.8, 4) is 0 Å². The Hall–Kier alpha value is -1.54. The first-order valence-corrected chi connectivity index (χ1v) is 10.1. The first-order chi connectivity index (χ1) is 12.8. The fourth-order valence-electron chi connectivity index (χ4n) is 4.24. The van der Waals surface area contributed by atoms with Gasteiger partial charge in [0, 0.05) is 24.9 Å². The van der Waals surface area contributed by atoms with E-state index >= 15 is 0 Å². The molecule has 2 aliphatic carbocycles. The van der Waals surface area contributed by atoms with E-state index in [1.54, 1.807) is 9.80 Å². The van der Waals surface area contributed by atoms with Gasteiger partial charge in [-0.25, -0.2) is 9.59 Å². The van der Waals surface area contributed by atoms with E-state index in [2.05, 4.69) is 0 Å². The van der Waals surface area contributed by atoms with Gasteiger partial charge in [-0.3, -0.25) is 0 Å². The molecule has 0 aromatic carbocycles. The molecule has 4 bridgehead atoms. The van der Waals surface area contributed by atoms with Gasteiger partial charge in [0.25, 0.3) is 0 Å². The van der Waals surface area contributed by atoms with E-state index in [0.29, 0.717) is 13.1 Å². The Labute approximate surface area is 166 Å². The highest BCUT2D eigenvalue weighted by molar-refractivity contribution is 5.70. The lowest BCUT2D eigenvalue weighted by atomic mass is 9.83. The van der Waals surface area contributed by atoms with Crippen molar-refractivity contribution in [3.05, 3.63) is 0 Å². The summed E-state index contributed by atoms with van der Waals surface area (Å²) in [5.74, 6) is 0.569. The van der Waals surface area contributed by atoms with E-state index in [0.717, 1.165) is 12.8 Å². The molecule has 8 nitrogen and oxygen atoms in total. The van der Waals surface area contributed by atoms with Gasteiger partial charge in [0.2, 0.25) is 0 Å². The SMILES string of the molecule is CC(C)(C)OC(=O)N1C[C@@H]2C[C@H]1[C@H]2O.CC(C)(C)OC(=O)N1C[C@H]2C[C@@H]1[C@@H]2O. The van der Waals surface area contributed by atoms with E-state index in [1.165, 1.54) is 0 Å². The van der Waals surface area contributed by atoms with E-state index in [-0.39, 0.29) is 48.3 Å². The second-order valence-electron chi connectivity index (χ2n) is 10.4. The topological polar surface area (TPSA) is 99.5 Å². The number of carbonyl (C=O) groups excluding carboxylic acids is 2. The molecule has 2 N–H and O–H groups in total. The van der Waals surface area contributed by atoms with Crippen molar-refractivity contribution in [2.75, 3.05) is 13.1 Å². The number of carbonyl (C=O) groups is 2. The summed E-state index contributed by atoms with van der Waals surface area (Å²) in [6.45, 7) is 12.4. The quantitative estimate of drug-likeness (QED) is 0.647. The average Bonchev–Trinajstić information content (AvgIpc) is 3.27. The fourth-order valence-corrected chi connectivity index (χ4v) is 4.24. The predicted molar refractivity (Wildman–Crippen MR) is 102 cm³/mol. The number of ether oxygens (including phenoxy) is 2. The van der Waals surface area contributed by atoms with Gasteiger partial charge in [0.05, 0.1) is 24.3 Å². The minimum atomic E-state index is -0.449. The highest BCUT2D eigenvalue weighted by Gasteiger charge is 2.54. The Bertz CT molecular complexity index is 571. The van der Waals surface area contributed by atoms with Crippen LogP contribution in [0.25, 0.3) is 0 Å². The number of hydrogen-bond acceptors (Lipinski definition) is 6. The van der Waals surface area contributed by atoms with Crippen molar-refractivity contribution in [2.24, 2.45) is 11.8 Å². The largest absolute Gasteiger partial charge is 0.444 e. The van der Waals surface area contributed by atoms with E-state index in [9.17, 15) is 19.8 Å². The van der Waals surface area contributed by atoms with Crippen LogP contribution in [0.4, 0.5) is 9.59 Å². The van der Waals surface area contributed by atoms with Crippen LogP contribution in [0, 0.1) is 11.8 Å². The minimum absolute atomic E-state index is 0.00912. The maximum atomic E-state index is 11.6. The third-order valence-electron chi connectivity index (χ3n) is 5.76. The summed E-state index contributed by atoms with van der Waals surface area (Å²) in [7, 11) is 0. The molecule has 0 unspecified atom stereocenters. The summed E-state index contributed by atoms with van der Waals surface area (Å²) in [5.41, 5.74) is -0.899. The molecule has 0 aromatic rings. The van der Waals surface area contributed by atoms with Crippen molar-refractivity contribution >= 4 is 12.2 Å². The zero-order valence-corrected chi connectivity index (χ0v) is 17.7. The van der Waals surface area contributed by atoms with Gasteiger partial charge >= 0.3 is 12.2 Å². The molecule has 6 atom stereocenters. The van der Waals surface area contributed by atoms with E-state index in [1.807, 2.05) is 41.5 Å². The van der Waals surface area contributed by atoms with Crippen LogP contribution in [0.1, 0.15) is 54.4 Å². The molecular formula is C20H34N2O6.